The average Bonchev–Trinajstić information content (AvgIpc) is 3.43. The molecule has 1 saturated carbocycles. The summed E-state index contributed by atoms with van der Waals surface area (Å²) in [4.78, 5) is -0.408. The van der Waals surface area contributed by atoms with Crippen LogP contribution in [0.25, 0.3) is 0 Å². The third-order valence-corrected chi connectivity index (χ3v) is 6.27. The number of benzene rings is 2. The predicted molar refractivity (Wildman–Crippen MR) is 96.7 cm³/mol. The molecule has 1 aliphatic carbocycles. The Morgan fingerprint density at radius 2 is 2.07 bits per heavy atom. The minimum Gasteiger partial charge on any atom is -0.493 e. The Hall–Kier alpha value is -2.16. The monoisotopic (exact) mass is 393 g/mol. The topological polar surface area (TPSA) is 73.9 Å². The van der Waals surface area contributed by atoms with Crippen LogP contribution in [0.1, 0.15) is 23.5 Å². The zero-order valence-corrected chi connectivity index (χ0v) is 15.6. The number of nitrogens with one attached hydrogen (secondary N) is 1. The van der Waals surface area contributed by atoms with E-state index in [-0.39, 0.29) is 13.4 Å². The summed E-state index contributed by atoms with van der Waals surface area (Å²) in [5.41, 5.74) is 1.97. The maximum atomic E-state index is 14.0. The van der Waals surface area contributed by atoms with Crippen LogP contribution in [-0.2, 0) is 26.1 Å². The lowest BCUT2D eigenvalue weighted by atomic mass is 10.0. The molecule has 2 atom stereocenters. The predicted octanol–water partition coefficient (Wildman–Crippen LogP) is 3.24. The lowest BCUT2D eigenvalue weighted by molar-refractivity contribution is -0.0395. The molecule has 2 aromatic carbocycles. The highest BCUT2D eigenvalue weighted by Crippen LogP contribution is 2.55. The molecule has 0 bridgehead atoms. The van der Waals surface area contributed by atoms with Gasteiger partial charge in [0.05, 0.1) is 18.9 Å². The summed E-state index contributed by atoms with van der Waals surface area (Å²) in [6.45, 7) is 0.789. The average molecular weight is 393 g/mol. The molecule has 1 aliphatic heterocycles. The van der Waals surface area contributed by atoms with Crippen molar-refractivity contribution in [1.29, 1.82) is 0 Å². The van der Waals surface area contributed by atoms with E-state index >= 15 is 0 Å². The highest BCUT2D eigenvalue weighted by molar-refractivity contribution is 7.92. The van der Waals surface area contributed by atoms with Gasteiger partial charge in [0, 0.05) is 18.6 Å². The van der Waals surface area contributed by atoms with Crippen molar-refractivity contribution in [3.8, 4) is 5.75 Å². The van der Waals surface area contributed by atoms with E-state index in [0.29, 0.717) is 35.4 Å². The first-order valence-corrected chi connectivity index (χ1v) is 10.1. The fourth-order valence-electron chi connectivity index (χ4n) is 3.44. The van der Waals surface area contributed by atoms with Gasteiger partial charge in [0.25, 0.3) is 10.0 Å². The van der Waals surface area contributed by atoms with Gasteiger partial charge < -0.3 is 14.2 Å². The molecule has 8 heteroatoms. The Kier molecular flexibility index (Phi) is 4.79. The minimum atomic E-state index is -4.09. The summed E-state index contributed by atoms with van der Waals surface area (Å²) in [6, 6.07) is 8.81. The molecule has 0 spiro atoms. The van der Waals surface area contributed by atoms with Crippen LogP contribution < -0.4 is 9.46 Å². The second-order valence-corrected chi connectivity index (χ2v) is 8.37. The highest BCUT2D eigenvalue weighted by Gasteiger charge is 2.44. The number of rotatable bonds is 7. The maximum absolute atomic E-state index is 14.0. The van der Waals surface area contributed by atoms with Crippen molar-refractivity contribution in [2.75, 3.05) is 25.2 Å². The summed E-state index contributed by atoms with van der Waals surface area (Å²) >= 11 is 0. The van der Waals surface area contributed by atoms with E-state index in [0.717, 1.165) is 18.1 Å². The van der Waals surface area contributed by atoms with Gasteiger partial charge in [-0.2, -0.15) is 0 Å². The number of sulfonamides is 1. The Labute approximate surface area is 157 Å². The van der Waals surface area contributed by atoms with Crippen molar-refractivity contribution >= 4 is 15.7 Å². The number of fused-ring (bicyclic) bond motifs is 3. The molecule has 4 rings (SSSR count). The molecule has 1 heterocycles. The van der Waals surface area contributed by atoms with Crippen LogP contribution >= 0.6 is 0 Å². The van der Waals surface area contributed by atoms with Crippen molar-refractivity contribution in [3.05, 3.63) is 53.3 Å². The normalized spacial score (nSPS) is 20.4. The van der Waals surface area contributed by atoms with E-state index in [2.05, 4.69) is 4.72 Å². The molecule has 2 unspecified atom stereocenters. The minimum absolute atomic E-state index is 0.0647. The molecule has 2 aromatic rings. The van der Waals surface area contributed by atoms with Crippen LogP contribution in [0.4, 0.5) is 10.1 Å². The van der Waals surface area contributed by atoms with Gasteiger partial charge in [-0.05, 0) is 36.1 Å². The van der Waals surface area contributed by atoms with Crippen LogP contribution in [0, 0.1) is 11.7 Å². The van der Waals surface area contributed by atoms with Crippen molar-refractivity contribution in [1.82, 2.24) is 0 Å². The molecule has 0 radical (unpaired) electrons. The van der Waals surface area contributed by atoms with E-state index in [9.17, 15) is 12.8 Å². The van der Waals surface area contributed by atoms with Gasteiger partial charge in [0.1, 0.15) is 23.3 Å². The van der Waals surface area contributed by atoms with E-state index in [1.54, 1.807) is 6.07 Å². The number of halogens is 1. The van der Waals surface area contributed by atoms with Gasteiger partial charge in [0.2, 0.25) is 0 Å². The van der Waals surface area contributed by atoms with Gasteiger partial charge >= 0.3 is 0 Å². The summed E-state index contributed by atoms with van der Waals surface area (Å²) in [5.74, 6) is 0.828. The molecular weight excluding hydrogens is 373 g/mol. The van der Waals surface area contributed by atoms with Crippen LogP contribution in [0.2, 0.25) is 0 Å². The number of ether oxygens (including phenoxy) is 3. The third-order valence-electron chi connectivity index (χ3n) is 4.87. The standard InChI is InChI=1S/C19H20FNO5S/c1-24-11-25-10-15-17(7-6-13-14-8-12(14)9-26-19(13)15)21-27(22,23)18-5-3-2-4-16(18)20/h2-7,12,14,21H,8-11H2,1H3. The van der Waals surface area contributed by atoms with Gasteiger partial charge in [-0.25, -0.2) is 12.8 Å². The quantitative estimate of drug-likeness (QED) is 0.577. The SMILES string of the molecule is COCOCc1c(NS(=O)(=O)c2ccccc2F)ccc2c1OCC1CC21. The van der Waals surface area contributed by atoms with Gasteiger partial charge in [-0.1, -0.05) is 18.2 Å². The lowest BCUT2D eigenvalue weighted by Gasteiger charge is -2.23. The number of hydrogen-bond donors (Lipinski definition) is 1. The van der Waals surface area contributed by atoms with Gasteiger partial charge in [-0.15, -0.1) is 0 Å². The van der Waals surface area contributed by atoms with Crippen LogP contribution in [0.3, 0.4) is 0 Å². The smallest absolute Gasteiger partial charge is 0.264 e. The molecular formula is C19H20FNO5S. The third kappa shape index (κ3) is 3.52. The van der Waals surface area contributed by atoms with Crippen LogP contribution in [0.15, 0.2) is 41.3 Å². The number of hydrogen-bond acceptors (Lipinski definition) is 5. The molecule has 6 nitrogen and oxygen atoms in total. The van der Waals surface area contributed by atoms with E-state index in [1.807, 2.05) is 6.07 Å². The molecule has 2 aliphatic rings. The Morgan fingerprint density at radius 3 is 2.85 bits per heavy atom. The van der Waals surface area contributed by atoms with Gasteiger partial charge in [0.15, 0.2) is 0 Å². The molecule has 1 fully saturated rings. The Bertz CT molecular complexity index is 963. The number of methoxy groups -OCH3 is 1. The van der Waals surface area contributed by atoms with E-state index in [4.69, 9.17) is 14.2 Å². The van der Waals surface area contributed by atoms with Gasteiger partial charge in [-0.3, -0.25) is 4.72 Å². The lowest BCUT2D eigenvalue weighted by Crippen LogP contribution is -2.18. The van der Waals surface area contributed by atoms with Crippen LogP contribution in [-0.4, -0.2) is 28.9 Å². The first kappa shape index (κ1) is 18.2. The second-order valence-electron chi connectivity index (χ2n) is 6.71. The maximum Gasteiger partial charge on any atom is 0.264 e. The van der Waals surface area contributed by atoms with Crippen molar-refractivity contribution in [2.45, 2.75) is 23.8 Å². The van der Waals surface area contributed by atoms with Crippen molar-refractivity contribution < 1.29 is 27.0 Å². The molecule has 1 N–H and O–H groups in total. The molecule has 144 valence electrons. The summed E-state index contributed by atoms with van der Waals surface area (Å²) in [6.07, 6.45) is 1.08. The fourth-order valence-corrected chi connectivity index (χ4v) is 4.61. The van der Waals surface area contributed by atoms with Crippen molar-refractivity contribution in [3.63, 3.8) is 0 Å². The first-order chi connectivity index (χ1) is 13.0. The fraction of sp³-hybridized carbons (Fsp3) is 0.368. The van der Waals surface area contributed by atoms with Crippen LogP contribution in [0.5, 0.6) is 5.75 Å². The molecule has 0 saturated heterocycles. The van der Waals surface area contributed by atoms with Crippen molar-refractivity contribution in [2.24, 2.45) is 5.92 Å². The highest BCUT2D eigenvalue weighted by atomic mass is 32.2. The zero-order chi connectivity index (χ0) is 19.0. The summed E-state index contributed by atoms with van der Waals surface area (Å²) < 4.78 is 58.1. The van der Waals surface area contributed by atoms with E-state index in [1.165, 1.54) is 25.3 Å². The molecule has 0 amide bonds. The van der Waals surface area contributed by atoms with E-state index < -0.39 is 20.7 Å². The largest absolute Gasteiger partial charge is 0.493 e. The molecule has 27 heavy (non-hydrogen) atoms. The Morgan fingerprint density at radius 1 is 1.26 bits per heavy atom. The second kappa shape index (κ2) is 7.10. The Balaban J connectivity index is 1.70. The summed E-state index contributed by atoms with van der Waals surface area (Å²) in [5, 5.41) is 0. The summed E-state index contributed by atoms with van der Waals surface area (Å²) in [7, 11) is -2.59. The first-order valence-electron chi connectivity index (χ1n) is 8.64. The molecule has 0 aromatic heterocycles. The zero-order valence-electron chi connectivity index (χ0n) is 14.8. The number of anilines is 1.